The summed E-state index contributed by atoms with van der Waals surface area (Å²) in [6, 6.07) is 10.2. The van der Waals surface area contributed by atoms with E-state index in [4.69, 9.17) is 0 Å². The fraction of sp³-hybridized carbons (Fsp3) is 0.455. The zero-order valence-corrected chi connectivity index (χ0v) is 16.4. The summed E-state index contributed by atoms with van der Waals surface area (Å²) in [5.41, 5.74) is 3.51. The van der Waals surface area contributed by atoms with E-state index in [0.717, 1.165) is 31.5 Å². The molecule has 1 aliphatic rings. The van der Waals surface area contributed by atoms with E-state index >= 15 is 0 Å². The SMILES string of the molecule is Cc1ccccc1CCC(=O)N1CCCN(C(=O)Cc2ccn(C)c2)CC1. The quantitative estimate of drug-likeness (QED) is 0.815. The van der Waals surface area contributed by atoms with Crippen LogP contribution in [0.25, 0.3) is 0 Å². The van der Waals surface area contributed by atoms with E-state index in [1.165, 1.54) is 11.1 Å². The number of benzene rings is 1. The summed E-state index contributed by atoms with van der Waals surface area (Å²) in [7, 11) is 1.96. The summed E-state index contributed by atoms with van der Waals surface area (Å²) in [6.07, 6.45) is 6.52. The number of aryl methyl sites for hydroxylation is 3. The molecule has 3 rings (SSSR count). The predicted octanol–water partition coefficient (Wildman–Crippen LogP) is 2.57. The molecule has 0 bridgehead atoms. The molecule has 0 aliphatic carbocycles. The maximum absolute atomic E-state index is 12.6. The van der Waals surface area contributed by atoms with E-state index in [-0.39, 0.29) is 11.8 Å². The van der Waals surface area contributed by atoms with E-state index in [1.54, 1.807) is 0 Å². The predicted molar refractivity (Wildman–Crippen MR) is 106 cm³/mol. The zero-order chi connectivity index (χ0) is 19.2. The number of nitrogens with zero attached hydrogens (tertiary/aromatic N) is 3. The maximum atomic E-state index is 12.6. The molecule has 1 aromatic carbocycles. The Labute approximate surface area is 161 Å². The summed E-state index contributed by atoms with van der Waals surface area (Å²) in [6.45, 7) is 4.81. The Hall–Kier alpha value is -2.56. The van der Waals surface area contributed by atoms with Crippen molar-refractivity contribution < 1.29 is 9.59 Å². The van der Waals surface area contributed by atoms with Gasteiger partial charge in [-0.05, 0) is 42.5 Å². The Morgan fingerprint density at radius 2 is 1.67 bits per heavy atom. The van der Waals surface area contributed by atoms with Crippen molar-refractivity contribution in [1.29, 1.82) is 0 Å². The molecule has 0 unspecified atom stereocenters. The second kappa shape index (κ2) is 8.89. The number of amides is 2. The highest BCUT2D eigenvalue weighted by Crippen LogP contribution is 2.13. The molecule has 2 heterocycles. The molecular weight excluding hydrogens is 338 g/mol. The first-order valence-electron chi connectivity index (χ1n) is 9.74. The van der Waals surface area contributed by atoms with Gasteiger partial charge in [-0.1, -0.05) is 24.3 Å². The Balaban J connectivity index is 1.49. The Bertz CT molecular complexity index is 796. The molecule has 0 saturated carbocycles. The van der Waals surface area contributed by atoms with Gasteiger partial charge in [0.1, 0.15) is 0 Å². The van der Waals surface area contributed by atoms with Crippen LogP contribution in [0, 0.1) is 6.92 Å². The average Bonchev–Trinajstić information content (AvgIpc) is 2.91. The Morgan fingerprint density at radius 1 is 0.963 bits per heavy atom. The highest BCUT2D eigenvalue weighted by Gasteiger charge is 2.22. The van der Waals surface area contributed by atoms with Gasteiger partial charge in [0.15, 0.2) is 0 Å². The summed E-state index contributed by atoms with van der Waals surface area (Å²) in [5.74, 6) is 0.339. The van der Waals surface area contributed by atoms with Crippen LogP contribution < -0.4 is 0 Å². The van der Waals surface area contributed by atoms with Gasteiger partial charge in [-0.3, -0.25) is 9.59 Å². The van der Waals surface area contributed by atoms with Gasteiger partial charge in [-0.2, -0.15) is 0 Å². The number of rotatable bonds is 5. The fourth-order valence-electron chi connectivity index (χ4n) is 3.66. The third-order valence-electron chi connectivity index (χ3n) is 5.32. The van der Waals surface area contributed by atoms with E-state index < -0.39 is 0 Å². The van der Waals surface area contributed by atoms with E-state index in [0.29, 0.717) is 25.9 Å². The van der Waals surface area contributed by atoms with Crippen LogP contribution in [-0.4, -0.2) is 52.4 Å². The van der Waals surface area contributed by atoms with Gasteiger partial charge in [0, 0.05) is 52.0 Å². The van der Waals surface area contributed by atoms with Crippen molar-refractivity contribution in [3.63, 3.8) is 0 Å². The smallest absolute Gasteiger partial charge is 0.227 e. The fourth-order valence-corrected chi connectivity index (χ4v) is 3.66. The van der Waals surface area contributed by atoms with Gasteiger partial charge < -0.3 is 14.4 Å². The minimum absolute atomic E-state index is 0.149. The van der Waals surface area contributed by atoms with Gasteiger partial charge in [0.2, 0.25) is 11.8 Å². The molecule has 1 saturated heterocycles. The normalized spacial score (nSPS) is 14.9. The van der Waals surface area contributed by atoms with Crippen molar-refractivity contribution >= 4 is 11.8 Å². The minimum atomic E-state index is 0.149. The Kier molecular flexibility index (Phi) is 6.32. The molecular formula is C22H29N3O2. The molecule has 5 heteroatoms. The molecule has 27 heavy (non-hydrogen) atoms. The second-order valence-electron chi connectivity index (χ2n) is 7.40. The van der Waals surface area contributed by atoms with Crippen LogP contribution in [0.5, 0.6) is 0 Å². The van der Waals surface area contributed by atoms with Crippen LogP contribution in [0.15, 0.2) is 42.7 Å². The molecule has 144 valence electrons. The van der Waals surface area contributed by atoms with Crippen LogP contribution in [0.3, 0.4) is 0 Å². The number of hydrogen-bond acceptors (Lipinski definition) is 2. The number of aromatic nitrogens is 1. The van der Waals surface area contributed by atoms with Crippen LogP contribution in [0.2, 0.25) is 0 Å². The van der Waals surface area contributed by atoms with Crippen molar-refractivity contribution in [1.82, 2.24) is 14.4 Å². The molecule has 1 aromatic heterocycles. The first-order valence-corrected chi connectivity index (χ1v) is 9.74. The summed E-state index contributed by atoms with van der Waals surface area (Å²) in [5, 5.41) is 0. The van der Waals surface area contributed by atoms with Crippen molar-refractivity contribution in [2.75, 3.05) is 26.2 Å². The molecule has 5 nitrogen and oxygen atoms in total. The highest BCUT2D eigenvalue weighted by atomic mass is 16.2. The lowest BCUT2D eigenvalue weighted by atomic mass is 10.0. The lowest BCUT2D eigenvalue weighted by Gasteiger charge is -2.22. The average molecular weight is 367 g/mol. The van der Waals surface area contributed by atoms with Crippen LogP contribution in [0.4, 0.5) is 0 Å². The van der Waals surface area contributed by atoms with Crippen molar-refractivity contribution in [3.8, 4) is 0 Å². The van der Waals surface area contributed by atoms with Gasteiger partial charge in [0.05, 0.1) is 6.42 Å². The summed E-state index contributed by atoms with van der Waals surface area (Å²) >= 11 is 0. The molecule has 0 N–H and O–H groups in total. The largest absolute Gasteiger partial charge is 0.357 e. The second-order valence-corrected chi connectivity index (χ2v) is 7.40. The summed E-state index contributed by atoms with van der Waals surface area (Å²) < 4.78 is 1.96. The number of carbonyl (C=O) groups is 2. The summed E-state index contributed by atoms with van der Waals surface area (Å²) in [4.78, 5) is 29.0. The molecule has 0 atom stereocenters. The topological polar surface area (TPSA) is 45.6 Å². The molecule has 0 radical (unpaired) electrons. The van der Waals surface area contributed by atoms with Crippen molar-refractivity contribution in [2.24, 2.45) is 7.05 Å². The van der Waals surface area contributed by atoms with Gasteiger partial charge in [0.25, 0.3) is 0 Å². The number of hydrogen-bond donors (Lipinski definition) is 0. The molecule has 2 aromatic rings. The van der Waals surface area contributed by atoms with Crippen molar-refractivity contribution in [3.05, 3.63) is 59.4 Å². The third-order valence-corrected chi connectivity index (χ3v) is 5.32. The van der Waals surface area contributed by atoms with Gasteiger partial charge in [-0.15, -0.1) is 0 Å². The monoisotopic (exact) mass is 367 g/mol. The minimum Gasteiger partial charge on any atom is -0.357 e. The number of carbonyl (C=O) groups excluding carboxylic acids is 2. The zero-order valence-electron chi connectivity index (χ0n) is 16.4. The van der Waals surface area contributed by atoms with E-state index in [2.05, 4.69) is 19.1 Å². The molecule has 2 amide bonds. The van der Waals surface area contributed by atoms with E-state index in [1.807, 2.05) is 52.0 Å². The Morgan fingerprint density at radius 3 is 2.33 bits per heavy atom. The van der Waals surface area contributed by atoms with Gasteiger partial charge in [-0.25, -0.2) is 0 Å². The standard InChI is InChI=1S/C22H29N3O2/c1-18-6-3-4-7-20(18)8-9-21(26)24-11-5-12-25(15-14-24)22(27)16-19-10-13-23(2)17-19/h3-4,6-7,10,13,17H,5,8-9,11-12,14-16H2,1-2H3. The third kappa shape index (κ3) is 5.22. The lowest BCUT2D eigenvalue weighted by Crippen LogP contribution is -2.38. The lowest BCUT2D eigenvalue weighted by molar-refractivity contribution is -0.133. The van der Waals surface area contributed by atoms with Crippen LogP contribution >= 0.6 is 0 Å². The first-order chi connectivity index (χ1) is 13.0. The van der Waals surface area contributed by atoms with Gasteiger partial charge >= 0.3 is 0 Å². The maximum Gasteiger partial charge on any atom is 0.227 e. The van der Waals surface area contributed by atoms with Crippen LogP contribution in [-0.2, 0) is 29.5 Å². The first kappa shape index (κ1) is 19.2. The molecule has 1 aliphatic heterocycles. The van der Waals surface area contributed by atoms with Crippen molar-refractivity contribution in [2.45, 2.75) is 32.6 Å². The van der Waals surface area contributed by atoms with E-state index in [9.17, 15) is 9.59 Å². The molecule has 0 spiro atoms. The molecule has 1 fully saturated rings. The highest BCUT2D eigenvalue weighted by molar-refractivity contribution is 5.79. The van der Waals surface area contributed by atoms with Crippen LogP contribution in [0.1, 0.15) is 29.5 Å².